The van der Waals surface area contributed by atoms with Gasteiger partial charge in [0.1, 0.15) is 11.5 Å². The van der Waals surface area contributed by atoms with E-state index in [0.29, 0.717) is 35.7 Å². The van der Waals surface area contributed by atoms with Gasteiger partial charge in [0.05, 0.1) is 24.3 Å². The minimum atomic E-state index is -3.93. The van der Waals surface area contributed by atoms with Gasteiger partial charge in [-0.2, -0.15) is 0 Å². The molecule has 0 spiro atoms. The van der Waals surface area contributed by atoms with Crippen molar-refractivity contribution in [3.8, 4) is 11.5 Å². The second kappa shape index (κ2) is 10.4. The molecule has 0 heterocycles. The second-order valence-electron chi connectivity index (χ2n) is 7.52. The van der Waals surface area contributed by atoms with Gasteiger partial charge in [-0.1, -0.05) is 30.3 Å². The maximum absolute atomic E-state index is 13.1. The maximum atomic E-state index is 13.1. The molecule has 3 aromatic rings. The minimum Gasteiger partial charge on any atom is -0.495 e. The Morgan fingerprint density at radius 2 is 1.73 bits per heavy atom. The first kappa shape index (κ1) is 24.1. The van der Waals surface area contributed by atoms with Gasteiger partial charge in [-0.3, -0.25) is 9.52 Å². The fourth-order valence-electron chi connectivity index (χ4n) is 3.34. The van der Waals surface area contributed by atoms with Crippen molar-refractivity contribution in [2.75, 3.05) is 25.5 Å². The summed E-state index contributed by atoms with van der Waals surface area (Å²) in [6.07, 6.45) is 0. The van der Waals surface area contributed by atoms with E-state index in [1.54, 1.807) is 49.2 Å². The van der Waals surface area contributed by atoms with E-state index in [1.165, 1.54) is 19.2 Å². The number of sulfonamides is 1. The summed E-state index contributed by atoms with van der Waals surface area (Å²) in [6.45, 7) is 4.66. The largest absolute Gasteiger partial charge is 0.495 e. The summed E-state index contributed by atoms with van der Waals surface area (Å²) in [7, 11) is -0.773. The molecule has 0 aromatic heterocycles. The van der Waals surface area contributed by atoms with Crippen LogP contribution in [-0.2, 0) is 16.6 Å². The number of benzene rings is 3. The molecule has 0 fully saturated rings. The third-order valence-electron chi connectivity index (χ3n) is 5.10. The summed E-state index contributed by atoms with van der Waals surface area (Å²) >= 11 is 0. The zero-order valence-corrected chi connectivity index (χ0v) is 20.0. The summed E-state index contributed by atoms with van der Waals surface area (Å²) < 4.78 is 39.2. The van der Waals surface area contributed by atoms with Crippen LogP contribution in [0.5, 0.6) is 11.5 Å². The summed E-state index contributed by atoms with van der Waals surface area (Å²) in [5.74, 6) is 0.904. The Kier molecular flexibility index (Phi) is 7.60. The second-order valence-corrected chi connectivity index (χ2v) is 9.20. The van der Waals surface area contributed by atoms with Gasteiger partial charge in [0, 0.05) is 19.2 Å². The lowest BCUT2D eigenvalue weighted by molar-refractivity contribution is 0.0784. The molecule has 1 amide bonds. The molecule has 0 atom stereocenters. The van der Waals surface area contributed by atoms with Crippen LogP contribution in [0.4, 0.5) is 5.69 Å². The molecule has 0 unspecified atom stereocenters. The van der Waals surface area contributed by atoms with Crippen molar-refractivity contribution in [3.05, 3.63) is 83.4 Å². The van der Waals surface area contributed by atoms with Crippen molar-refractivity contribution in [2.24, 2.45) is 0 Å². The zero-order valence-electron chi connectivity index (χ0n) is 19.2. The number of carbonyl (C=O) groups is 1. The number of nitrogens with one attached hydrogen (secondary N) is 1. The number of anilines is 1. The summed E-state index contributed by atoms with van der Waals surface area (Å²) in [6, 6.07) is 18.8. The van der Waals surface area contributed by atoms with E-state index >= 15 is 0 Å². The van der Waals surface area contributed by atoms with E-state index in [9.17, 15) is 13.2 Å². The maximum Gasteiger partial charge on any atom is 0.262 e. The third-order valence-corrected chi connectivity index (χ3v) is 6.47. The summed E-state index contributed by atoms with van der Waals surface area (Å²) in [5, 5.41) is 0. The standard InChI is InChI=1S/C25H28N2O5S/c1-5-32-20-13-11-19(12-14-20)17-27(3)25(28)22-16-21(15-10-18(22)2)33(29,30)26-23-8-6-7-9-24(23)31-4/h6-16,26H,5,17H2,1-4H3. The molecule has 7 nitrogen and oxygen atoms in total. The van der Waals surface area contributed by atoms with Crippen LogP contribution >= 0.6 is 0 Å². The molecule has 0 saturated heterocycles. The number of hydrogen-bond acceptors (Lipinski definition) is 5. The first-order valence-electron chi connectivity index (χ1n) is 10.5. The Bertz CT molecular complexity index is 1220. The van der Waals surface area contributed by atoms with Gasteiger partial charge in [0.15, 0.2) is 0 Å². The molecule has 0 aliphatic rings. The van der Waals surface area contributed by atoms with E-state index in [-0.39, 0.29) is 10.8 Å². The van der Waals surface area contributed by atoms with Gasteiger partial charge in [0.2, 0.25) is 0 Å². The molecule has 3 aromatic carbocycles. The number of nitrogens with zero attached hydrogens (tertiary/aromatic N) is 1. The zero-order chi connectivity index (χ0) is 24.0. The number of methoxy groups -OCH3 is 1. The lowest BCUT2D eigenvalue weighted by atomic mass is 10.1. The molecule has 0 radical (unpaired) electrons. The quantitative estimate of drug-likeness (QED) is 0.501. The molecular formula is C25H28N2O5S. The van der Waals surface area contributed by atoms with E-state index in [2.05, 4.69) is 4.72 Å². The minimum absolute atomic E-state index is 0.00294. The molecule has 174 valence electrons. The van der Waals surface area contributed by atoms with E-state index in [4.69, 9.17) is 9.47 Å². The van der Waals surface area contributed by atoms with Crippen LogP contribution in [0.3, 0.4) is 0 Å². The normalized spacial score (nSPS) is 11.0. The number of hydrogen-bond donors (Lipinski definition) is 1. The molecular weight excluding hydrogens is 440 g/mol. The first-order chi connectivity index (χ1) is 15.7. The third kappa shape index (κ3) is 5.84. The van der Waals surface area contributed by atoms with Crippen molar-refractivity contribution >= 4 is 21.6 Å². The van der Waals surface area contributed by atoms with Crippen molar-refractivity contribution in [1.29, 1.82) is 0 Å². The Morgan fingerprint density at radius 3 is 2.39 bits per heavy atom. The Labute approximate surface area is 195 Å². The average molecular weight is 469 g/mol. The lowest BCUT2D eigenvalue weighted by Crippen LogP contribution is -2.27. The van der Waals surface area contributed by atoms with Crippen LogP contribution in [0.2, 0.25) is 0 Å². The van der Waals surface area contributed by atoms with E-state index in [0.717, 1.165) is 11.3 Å². The number of aryl methyl sites for hydroxylation is 1. The SMILES string of the molecule is CCOc1ccc(CN(C)C(=O)c2cc(S(=O)(=O)Nc3ccccc3OC)ccc2C)cc1. The Balaban J connectivity index is 1.81. The van der Waals surface area contributed by atoms with Crippen LogP contribution < -0.4 is 14.2 Å². The molecule has 0 aliphatic heterocycles. The van der Waals surface area contributed by atoms with Gasteiger partial charge < -0.3 is 14.4 Å². The lowest BCUT2D eigenvalue weighted by Gasteiger charge is -2.19. The van der Waals surface area contributed by atoms with Gasteiger partial charge in [-0.05, 0) is 61.4 Å². The highest BCUT2D eigenvalue weighted by atomic mass is 32.2. The van der Waals surface area contributed by atoms with E-state index in [1.807, 2.05) is 31.2 Å². The summed E-state index contributed by atoms with van der Waals surface area (Å²) in [4.78, 5) is 14.7. The van der Waals surface area contributed by atoms with Gasteiger partial charge >= 0.3 is 0 Å². The Morgan fingerprint density at radius 1 is 1.03 bits per heavy atom. The highest BCUT2D eigenvalue weighted by Crippen LogP contribution is 2.27. The topological polar surface area (TPSA) is 84.9 Å². The number of ether oxygens (including phenoxy) is 2. The molecule has 0 saturated carbocycles. The number of carbonyl (C=O) groups excluding carboxylic acids is 1. The van der Waals surface area contributed by atoms with Crippen molar-refractivity contribution in [3.63, 3.8) is 0 Å². The number of amides is 1. The van der Waals surface area contributed by atoms with Crippen LogP contribution in [0, 0.1) is 6.92 Å². The first-order valence-corrected chi connectivity index (χ1v) is 12.0. The number of rotatable bonds is 9. The van der Waals surface area contributed by atoms with Crippen LogP contribution in [0.1, 0.15) is 28.4 Å². The van der Waals surface area contributed by atoms with Crippen LogP contribution in [0.15, 0.2) is 71.6 Å². The Hall–Kier alpha value is -3.52. The molecule has 0 aliphatic carbocycles. The summed E-state index contributed by atoms with van der Waals surface area (Å²) in [5.41, 5.74) is 2.27. The molecule has 0 bridgehead atoms. The van der Waals surface area contributed by atoms with Gasteiger partial charge in [0.25, 0.3) is 15.9 Å². The predicted molar refractivity (Wildman–Crippen MR) is 128 cm³/mol. The monoisotopic (exact) mass is 468 g/mol. The van der Waals surface area contributed by atoms with Gasteiger partial charge in [-0.15, -0.1) is 0 Å². The molecule has 33 heavy (non-hydrogen) atoms. The average Bonchev–Trinajstić information content (AvgIpc) is 2.80. The number of para-hydroxylation sites is 2. The smallest absolute Gasteiger partial charge is 0.262 e. The molecule has 3 rings (SSSR count). The van der Waals surface area contributed by atoms with E-state index < -0.39 is 10.0 Å². The molecule has 8 heteroatoms. The van der Waals surface area contributed by atoms with Crippen LogP contribution in [0.25, 0.3) is 0 Å². The van der Waals surface area contributed by atoms with Crippen molar-refractivity contribution in [1.82, 2.24) is 4.90 Å². The predicted octanol–water partition coefficient (Wildman–Crippen LogP) is 4.48. The fourth-order valence-corrected chi connectivity index (χ4v) is 4.44. The fraction of sp³-hybridized carbons (Fsp3) is 0.240. The van der Waals surface area contributed by atoms with Crippen molar-refractivity contribution < 1.29 is 22.7 Å². The van der Waals surface area contributed by atoms with Crippen molar-refractivity contribution in [2.45, 2.75) is 25.3 Å². The molecule has 1 N–H and O–H groups in total. The van der Waals surface area contributed by atoms with Gasteiger partial charge in [-0.25, -0.2) is 8.42 Å². The highest BCUT2D eigenvalue weighted by Gasteiger charge is 2.21. The highest BCUT2D eigenvalue weighted by molar-refractivity contribution is 7.92. The van der Waals surface area contributed by atoms with Crippen LogP contribution in [-0.4, -0.2) is 40.0 Å².